The molecule has 1 aromatic rings. The monoisotopic (exact) mass is 237 g/mol. The number of hydroxylamine groups is 1. The molecule has 0 bridgehead atoms. The van der Waals surface area contributed by atoms with Crippen molar-refractivity contribution in [1.29, 1.82) is 0 Å². The Kier molecular flexibility index (Phi) is 5.49. The first-order valence-electron chi connectivity index (χ1n) is 5.84. The van der Waals surface area contributed by atoms with Gasteiger partial charge in [0.25, 0.3) is 5.91 Å². The summed E-state index contributed by atoms with van der Waals surface area (Å²) in [6.07, 6.45) is 4.03. The van der Waals surface area contributed by atoms with E-state index in [4.69, 9.17) is 0 Å². The number of carbonyl (C=O) groups is 1. The van der Waals surface area contributed by atoms with E-state index in [1.807, 2.05) is 6.07 Å². The van der Waals surface area contributed by atoms with Crippen molar-refractivity contribution in [1.82, 2.24) is 5.48 Å². The number of hydrogen-bond acceptors (Lipinski definition) is 3. The minimum Gasteiger partial charge on any atom is -0.507 e. The Bertz CT molecular complexity index is 377. The molecule has 0 unspecified atom stereocenters. The molecule has 94 valence electrons. The van der Waals surface area contributed by atoms with Gasteiger partial charge in [-0.1, -0.05) is 31.9 Å². The highest BCUT2D eigenvalue weighted by Gasteiger charge is 2.15. The van der Waals surface area contributed by atoms with Crippen LogP contribution in [0.25, 0.3) is 0 Å². The van der Waals surface area contributed by atoms with Gasteiger partial charge in [-0.3, -0.25) is 9.63 Å². The SMILES string of the molecule is CCCCCc1cccc(O)c1C(=O)NOC. The van der Waals surface area contributed by atoms with Gasteiger partial charge < -0.3 is 5.11 Å². The van der Waals surface area contributed by atoms with Crippen LogP contribution in [0.15, 0.2) is 18.2 Å². The minimum atomic E-state index is -0.405. The highest BCUT2D eigenvalue weighted by atomic mass is 16.6. The Morgan fingerprint density at radius 1 is 1.41 bits per heavy atom. The molecule has 0 fully saturated rings. The molecule has 4 heteroatoms. The van der Waals surface area contributed by atoms with Crippen LogP contribution >= 0.6 is 0 Å². The summed E-state index contributed by atoms with van der Waals surface area (Å²) in [5, 5.41) is 9.73. The smallest absolute Gasteiger partial charge is 0.278 e. The number of amides is 1. The number of phenolic OH excluding ortho intramolecular Hbond substituents is 1. The highest BCUT2D eigenvalue weighted by molar-refractivity contribution is 5.97. The molecule has 4 nitrogen and oxygen atoms in total. The maximum atomic E-state index is 11.7. The molecule has 1 aromatic carbocycles. The topological polar surface area (TPSA) is 58.6 Å². The Labute approximate surface area is 102 Å². The highest BCUT2D eigenvalue weighted by Crippen LogP contribution is 2.22. The standard InChI is InChI=1S/C13H19NO3/c1-3-4-5-7-10-8-6-9-11(15)12(10)13(16)14-17-2/h6,8-9,15H,3-5,7H2,1-2H3,(H,14,16). The van der Waals surface area contributed by atoms with Gasteiger partial charge >= 0.3 is 0 Å². The molecule has 0 saturated heterocycles. The third-order valence-electron chi connectivity index (χ3n) is 2.60. The normalized spacial score (nSPS) is 10.2. The van der Waals surface area contributed by atoms with E-state index in [-0.39, 0.29) is 5.75 Å². The fraction of sp³-hybridized carbons (Fsp3) is 0.462. The fourth-order valence-electron chi connectivity index (χ4n) is 1.77. The van der Waals surface area contributed by atoms with E-state index in [0.717, 1.165) is 31.2 Å². The van der Waals surface area contributed by atoms with Gasteiger partial charge in [0.05, 0.1) is 12.7 Å². The average molecular weight is 237 g/mol. The van der Waals surface area contributed by atoms with Crippen molar-refractivity contribution in [2.75, 3.05) is 7.11 Å². The van der Waals surface area contributed by atoms with Crippen molar-refractivity contribution >= 4 is 5.91 Å². The molecule has 0 spiro atoms. The second kappa shape index (κ2) is 6.91. The van der Waals surface area contributed by atoms with Gasteiger partial charge in [0.2, 0.25) is 0 Å². The van der Waals surface area contributed by atoms with Crippen LogP contribution in [-0.2, 0) is 11.3 Å². The van der Waals surface area contributed by atoms with Gasteiger partial charge in [0.15, 0.2) is 0 Å². The van der Waals surface area contributed by atoms with Crippen LogP contribution in [0.3, 0.4) is 0 Å². The van der Waals surface area contributed by atoms with Gasteiger partial charge in [-0.2, -0.15) is 0 Å². The van der Waals surface area contributed by atoms with Crippen molar-refractivity contribution < 1.29 is 14.7 Å². The van der Waals surface area contributed by atoms with E-state index in [0.29, 0.717) is 5.56 Å². The van der Waals surface area contributed by atoms with E-state index in [9.17, 15) is 9.90 Å². The molecule has 1 amide bonds. The fourth-order valence-corrected chi connectivity index (χ4v) is 1.77. The first-order valence-corrected chi connectivity index (χ1v) is 5.84. The van der Waals surface area contributed by atoms with E-state index < -0.39 is 5.91 Å². The number of unbranched alkanes of at least 4 members (excludes halogenated alkanes) is 2. The molecular formula is C13H19NO3. The Balaban J connectivity index is 2.87. The third-order valence-corrected chi connectivity index (χ3v) is 2.60. The molecule has 0 aromatic heterocycles. The molecule has 0 radical (unpaired) electrons. The van der Waals surface area contributed by atoms with Crippen LogP contribution in [0.4, 0.5) is 0 Å². The Morgan fingerprint density at radius 3 is 2.82 bits per heavy atom. The lowest BCUT2D eigenvalue weighted by Crippen LogP contribution is -2.23. The molecule has 17 heavy (non-hydrogen) atoms. The van der Waals surface area contributed by atoms with Gasteiger partial charge in [-0.15, -0.1) is 0 Å². The molecule has 0 saturated carbocycles. The summed E-state index contributed by atoms with van der Waals surface area (Å²) >= 11 is 0. The van der Waals surface area contributed by atoms with E-state index in [2.05, 4.69) is 17.2 Å². The van der Waals surface area contributed by atoms with Gasteiger partial charge in [0, 0.05) is 0 Å². The lowest BCUT2D eigenvalue weighted by Gasteiger charge is -2.10. The maximum Gasteiger partial charge on any atom is 0.278 e. The van der Waals surface area contributed by atoms with Crippen molar-refractivity contribution in [3.8, 4) is 5.75 Å². The largest absolute Gasteiger partial charge is 0.507 e. The molecule has 0 atom stereocenters. The van der Waals surface area contributed by atoms with Gasteiger partial charge in [0.1, 0.15) is 5.75 Å². The zero-order valence-corrected chi connectivity index (χ0v) is 10.3. The number of rotatable bonds is 6. The second-order valence-corrected chi connectivity index (χ2v) is 3.90. The first-order chi connectivity index (χ1) is 8.20. The number of aryl methyl sites for hydroxylation is 1. The minimum absolute atomic E-state index is 0.00597. The number of carbonyl (C=O) groups excluding carboxylic acids is 1. The van der Waals surface area contributed by atoms with Crippen LogP contribution in [0.5, 0.6) is 5.75 Å². The first kappa shape index (κ1) is 13.5. The molecule has 1 rings (SSSR count). The number of aromatic hydroxyl groups is 1. The Hall–Kier alpha value is -1.55. The van der Waals surface area contributed by atoms with Crippen molar-refractivity contribution in [3.63, 3.8) is 0 Å². The average Bonchev–Trinajstić information content (AvgIpc) is 2.29. The van der Waals surface area contributed by atoms with Gasteiger partial charge in [-0.05, 0) is 24.5 Å². The second-order valence-electron chi connectivity index (χ2n) is 3.90. The summed E-state index contributed by atoms with van der Waals surface area (Å²) in [7, 11) is 1.37. The quantitative estimate of drug-likeness (QED) is 0.590. The molecule has 2 N–H and O–H groups in total. The third kappa shape index (κ3) is 3.75. The summed E-state index contributed by atoms with van der Waals surface area (Å²) in [6, 6.07) is 5.12. The predicted molar refractivity (Wildman–Crippen MR) is 65.8 cm³/mol. The van der Waals surface area contributed by atoms with Crippen LogP contribution in [0, 0.1) is 0 Å². The van der Waals surface area contributed by atoms with E-state index >= 15 is 0 Å². The van der Waals surface area contributed by atoms with Crippen LogP contribution < -0.4 is 5.48 Å². The number of phenols is 1. The maximum absolute atomic E-state index is 11.7. The predicted octanol–water partition coefficient (Wildman–Crippen LogP) is 2.42. The zero-order chi connectivity index (χ0) is 12.7. The number of benzene rings is 1. The summed E-state index contributed by atoms with van der Waals surface area (Å²) in [5.41, 5.74) is 3.40. The number of hydrogen-bond donors (Lipinski definition) is 2. The molecular weight excluding hydrogens is 218 g/mol. The summed E-state index contributed by atoms with van der Waals surface area (Å²) < 4.78 is 0. The number of nitrogens with one attached hydrogen (secondary N) is 1. The van der Waals surface area contributed by atoms with Crippen molar-refractivity contribution in [3.05, 3.63) is 29.3 Å². The molecule has 0 heterocycles. The molecule has 0 aliphatic rings. The summed E-state index contributed by atoms with van der Waals surface area (Å²) in [4.78, 5) is 16.3. The van der Waals surface area contributed by atoms with E-state index in [1.165, 1.54) is 13.2 Å². The van der Waals surface area contributed by atoms with Crippen LogP contribution in [0.1, 0.15) is 42.1 Å². The van der Waals surface area contributed by atoms with Crippen LogP contribution in [-0.4, -0.2) is 18.1 Å². The molecule has 0 aliphatic carbocycles. The van der Waals surface area contributed by atoms with Gasteiger partial charge in [-0.25, -0.2) is 5.48 Å². The van der Waals surface area contributed by atoms with Crippen LogP contribution in [0.2, 0.25) is 0 Å². The Morgan fingerprint density at radius 2 is 2.18 bits per heavy atom. The van der Waals surface area contributed by atoms with Crippen molar-refractivity contribution in [2.24, 2.45) is 0 Å². The molecule has 0 aliphatic heterocycles. The summed E-state index contributed by atoms with van der Waals surface area (Å²) in [6.45, 7) is 2.13. The zero-order valence-electron chi connectivity index (χ0n) is 10.3. The van der Waals surface area contributed by atoms with Crippen molar-refractivity contribution in [2.45, 2.75) is 32.6 Å². The lowest BCUT2D eigenvalue weighted by molar-refractivity contribution is 0.0534. The lowest BCUT2D eigenvalue weighted by atomic mass is 10.00. The van der Waals surface area contributed by atoms with E-state index in [1.54, 1.807) is 6.07 Å². The summed E-state index contributed by atoms with van der Waals surface area (Å²) in [5.74, 6) is -0.411.